The lowest BCUT2D eigenvalue weighted by atomic mass is 9.79. The minimum atomic E-state index is -0.796. The molecular weight excluding hydrogens is 256 g/mol. The minimum Gasteiger partial charge on any atom is -0.481 e. The lowest BCUT2D eigenvalue weighted by Gasteiger charge is -2.47. The molecule has 0 aromatic rings. The number of carboxylic acid groups (broad SMARTS) is 1. The molecule has 0 aromatic carbocycles. The summed E-state index contributed by atoms with van der Waals surface area (Å²) >= 11 is 0. The summed E-state index contributed by atoms with van der Waals surface area (Å²) in [5.41, 5.74) is 0. The molecule has 0 saturated carbocycles. The van der Waals surface area contributed by atoms with Crippen molar-refractivity contribution in [1.82, 2.24) is 9.80 Å². The summed E-state index contributed by atoms with van der Waals surface area (Å²) < 4.78 is 0. The Hall–Kier alpha value is -1.10. The zero-order valence-electron chi connectivity index (χ0n) is 13.5. The summed E-state index contributed by atoms with van der Waals surface area (Å²) in [5.74, 6) is -0.987. The zero-order chi connectivity index (χ0) is 15.6. The van der Waals surface area contributed by atoms with E-state index in [2.05, 4.69) is 18.7 Å². The lowest BCUT2D eigenvalue weighted by molar-refractivity contribution is -0.158. The number of hydrogen-bond acceptors (Lipinski definition) is 3. The number of carbonyl (C=O) groups is 2. The Labute approximate surface area is 121 Å². The molecule has 0 aliphatic carbocycles. The second kappa shape index (κ2) is 6.57. The van der Waals surface area contributed by atoms with Gasteiger partial charge in [-0.25, -0.2) is 0 Å². The average molecular weight is 284 g/mol. The number of likely N-dealkylation sites (N-methyl/N-ethyl adjacent to an activating group) is 1. The normalized spacial score (nSPS) is 29.1. The van der Waals surface area contributed by atoms with Gasteiger partial charge in [-0.05, 0) is 32.9 Å². The van der Waals surface area contributed by atoms with Crippen LogP contribution in [0.25, 0.3) is 0 Å². The van der Waals surface area contributed by atoms with Gasteiger partial charge in [-0.15, -0.1) is 0 Å². The van der Waals surface area contributed by atoms with E-state index in [9.17, 15) is 14.7 Å². The molecular formula is C15H28N2O3. The molecule has 20 heavy (non-hydrogen) atoms. The Morgan fingerprint density at radius 3 is 2.35 bits per heavy atom. The Balaban J connectivity index is 3.05. The molecule has 1 amide bonds. The van der Waals surface area contributed by atoms with Gasteiger partial charge in [-0.1, -0.05) is 20.8 Å². The highest BCUT2D eigenvalue weighted by atomic mass is 16.4. The van der Waals surface area contributed by atoms with Crippen LogP contribution >= 0.6 is 0 Å². The molecule has 1 rings (SSSR count). The van der Waals surface area contributed by atoms with E-state index < -0.39 is 11.9 Å². The second-order valence-corrected chi connectivity index (χ2v) is 6.66. The fourth-order valence-corrected chi connectivity index (χ4v) is 3.31. The number of rotatable bonds is 5. The summed E-state index contributed by atoms with van der Waals surface area (Å²) in [6, 6.07) is -0.196. The number of piperidine rings is 1. The number of amides is 1. The number of carbonyl (C=O) groups excluding carboxylic acids is 1. The third kappa shape index (κ3) is 3.51. The van der Waals surface area contributed by atoms with Crippen molar-refractivity contribution in [1.29, 1.82) is 0 Å². The van der Waals surface area contributed by atoms with E-state index >= 15 is 0 Å². The largest absolute Gasteiger partial charge is 0.481 e. The number of hydrogen-bond donors (Lipinski definition) is 1. The Morgan fingerprint density at radius 1 is 1.40 bits per heavy atom. The lowest BCUT2D eigenvalue weighted by Crippen LogP contribution is -2.59. The zero-order valence-corrected chi connectivity index (χ0v) is 13.5. The van der Waals surface area contributed by atoms with Gasteiger partial charge in [0.2, 0.25) is 5.91 Å². The molecule has 1 N–H and O–H groups in total. The standard InChI is InChI=1S/C15H28N2O3/c1-9(2)12(8-16(5)6)17-11(4)14(15(19)20)10(3)7-13(17)18/h9-12,14H,7-8H2,1-6H3,(H,19,20). The fourth-order valence-electron chi connectivity index (χ4n) is 3.31. The van der Waals surface area contributed by atoms with E-state index in [0.717, 1.165) is 6.54 Å². The van der Waals surface area contributed by atoms with Crippen molar-refractivity contribution >= 4 is 11.9 Å². The van der Waals surface area contributed by atoms with Crippen molar-refractivity contribution in [2.45, 2.75) is 46.2 Å². The van der Waals surface area contributed by atoms with Gasteiger partial charge in [0.05, 0.1) is 5.92 Å². The highest BCUT2D eigenvalue weighted by Crippen LogP contribution is 2.33. The molecule has 0 aromatic heterocycles. The quantitative estimate of drug-likeness (QED) is 0.831. The summed E-state index contributed by atoms with van der Waals surface area (Å²) in [4.78, 5) is 27.8. The van der Waals surface area contributed by atoms with Crippen LogP contribution < -0.4 is 0 Å². The maximum absolute atomic E-state index is 12.4. The smallest absolute Gasteiger partial charge is 0.308 e. The Kier molecular flexibility index (Phi) is 5.57. The summed E-state index contributed by atoms with van der Waals surface area (Å²) in [6.45, 7) is 8.66. The molecule has 1 aliphatic rings. The van der Waals surface area contributed by atoms with Crippen molar-refractivity contribution in [2.75, 3.05) is 20.6 Å². The monoisotopic (exact) mass is 284 g/mol. The first-order chi connectivity index (χ1) is 9.16. The van der Waals surface area contributed by atoms with Crippen LogP contribution in [0, 0.1) is 17.8 Å². The van der Waals surface area contributed by atoms with Crippen LogP contribution in [0.4, 0.5) is 0 Å². The summed E-state index contributed by atoms with van der Waals surface area (Å²) in [6.07, 6.45) is 0.331. The molecule has 4 unspecified atom stereocenters. The minimum absolute atomic E-state index is 0.0573. The molecule has 1 saturated heterocycles. The second-order valence-electron chi connectivity index (χ2n) is 6.66. The van der Waals surface area contributed by atoms with E-state index in [-0.39, 0.29) is 23.9 Å². The van der Waals surface area contributed by atoms with Crippen molar-refractivity contribution in [3.05, 3.63) is 0 Å². The molecule has 1 fully saturated rings. The maximum Gasteiger partial charge on any atom is 0.308 e. The van der Waals surface area contributed by atoms with Gasteiger partial charge in [0.25, 0.3) is 0 Å². The number of aliphatic carboxylic acids is 1. The summed E-state index contributed by atoms with van der Waals surface area (Å²) in [7, 11) is 3.96. The molecule has 116 valence electrons. The van der Waals surface area contributed by atoms with E-state index in [1.54, 1.807) is 0 Å². The molecule has 4 atom stereocenters. The first kappa shape index (κ1) is 17.0. The van der Waals surface area contributed by atoms with Crippen LogP contribution in [0.2, 0.25) is 0 Å². The van der Waals surface area contributed by atoms with E-state index in [0.29, 0.717) is 12.3 Å². The van der Waals surface area contributed by atoms with E-state index in [1.165, 1.54) is 0 Å². The number of nitrogens with zero attached hydrogens (tertiary/aromatic N) is 2. The van der Waals surface area contributed by atoms with Crippen molar-refractivity contribution in [3.63, 3.8) is 0 Å². The molecule has 5 heteroatoms. The van der Waals surface area contributed by atoms with Crippen molar-refractivity contribution < 1.29 is 14.7 Å². The molecule has 1 aliphatic heterocycles. The predicted molar refractivity (Wildman–Crippen MR) is 78.4 cm³/mol. The van der Waals surface area contributed by atoms with Crippen LogP contribution in [0.15, 0.2) is 0 Å². The topological polar surface area (TPSA) is 60.9 Å². The van der Waals surface area contributed by atoms with Gasteiger partial charge >= 0.3 is 5.97 Å². The third-order valence-electron chi connectivity index (χ3n) is 4.32. The van der Waals surface area contributed by atoms with Crippen molar-refractivity contribution in [2.24, 2.45) is 17.8 Å². The molecule has 1 heterocycles. The van der Waals surface area contributed by atoms with E-state index in [4.69, 9.17) is 0 Å². The van der Waals surface area contributed by atoms with E-state index in [1.807, 2.05) is 32.8 Å². The maximum atomic E-state index is 12.4. The van der Waals surface area contributed by atoms with Crippen LogP contribution in [-0.2, 0) is 9.59 Å². The highest BCUT2D eigenvalue weighted by molar-refractivity contribution is 5.82. The number of carboxylic acids is 1. The first-order valence-electron chi connectivity index (χ1n) is 7.35. The average Bonchev–Trinajstić information content (AvgIpc) is 2.25. The molecule has 0 radical (unpaired) electrons. The van der Waals surface area contributed by atoms with Gasteiger partial charge in [-0.2, -0.15) is 0 Å². The van der Waals surface area contributed by atoms with Crippen LogP contribution in [0.3, 0.4) is 0 Å². The Morgan fingerprint density at radius 2 is 1.95 bits per heavy atom. The molecule has 5 nitrogen and oxygen atoms in total. The first-order valence-corrected chi connectivity index (χ1v) is 7.35. The highest BCUT2D eigenvalue weighted by Gasteiger charge is 2.44. The van der Waals surface area contributed by atoms with Gasteiger partial charge in [-0.3, -0.25) is 9.59 Å². The van der Waals surface area contributed by atoms with Crippen LogP contribution in [0.1, 0.15) is 34.1 Å². The van der Waals surface area contributed by atoms with Crippen LogP contribution in [-0.4, -0.2) is 59.5 Å². The predicted octanol–water partition coefficient (Wildman–Crippen LogP) is 1.53. The van der Waals surface area contributed by atoms with Crippen molar-refractivity contribution in [3.8, 4) is 0 Å². The summed E-state index contributed by atoms with van der Waals surface area (Å²) in [5, 5.41) is 9.44. The van der Waals surface area contributed by atoms with Gasteiger partial charge in [0, 0.05) is 25.0 Å². The van der Waals surface area contributed by atoms with Crippen LogP contribution in [0.5, 0.6) is 0 Å². The van der Waals surface area contributed by atoms with Gasteiger partial charge < -0.3 is 14.9 Å². The SMILES string of the molecule is CC(C)C(CN(C)C)N1C(=O)CC(C)C(C(=O)O)C1C. The molecule has 0 bridgehead atoms. The van der Waals surface area contributed by atoms with Gasteiger partial charge in [0.15, 0.2) is 0 Å². The fraction of sp³-hybridized carbons (Fsp3) is 0.867. The van der Waals surface area contributed by atoms with Gasteiger partial charge in [0.1, 0.15) is 0 Å². The Bertz CT molecular complexity index is 368. The number of likely N-dealkylation sites (tertiary alicyclic amines) is 1. The molecule has 0 spiro atoms. The third-order valence-corrected chi connectivity index (χ3v) is 4.32.